The van der Waals surface area contributed by atoms with Gasteiger partial charge in [0.1, 0.15) is 6.61 Å². The maximum Gasteiger partial charge on any atom is 0.362 e. The number of unbranched alkanes of at least 4 members (excludes halogenated alkanes) is 11. The van der Waals surface area contributed by atoms with E-state index in [1.54, 1.807) is 0 Å². The summed E-state index contributed by atoms with van der Waals surface area (Å²) in [7, 11) is 5.49. The predicted octanol–water partition coefficient (Wildman–Crippen LogP) is 10.6. The van der Waals surface area contributed by atoms with E-state index in [1.165, 1.54) is 38.5 Å². The molecule has 2 unspecified atom stereocenters. The van der Waals surface area contributed by atoms with Crippen LogP contribution in [-0.2, 0) is 28.6 Å². The number of esters is 2. The molecule has 0 spiro atoms. The van der Waals surface area contributed by atoms with E-state index in [1.807, 2.05) is 27.2 Å². The lowest BCUT2D eigenvalue weighted by atomic mass is 10.1. The first-order valence-corrected chi connectivity index (χ1v) is 20.3. The summed E-state index contributed by atoms with van der Waals surface area (Å²) in [5.41, 5.74) is 0. The quantitative estimate of drug-likeness (QED) is 0.0300. The molecule has 0 saturated heterocycles. The van der Waals surface area contributed by atoms with Crippen LogP contribution in [0.15, 0.2) is 60.8 Å². The summed E-state index contributed by atoms with van der Waals surface area (Å²) < 4.78 is 17.1. The second-order valence-electron chi connectivity index (χ2n) is 14.5. The molecule has 0 rings (SSSR count). The molecular formula is C44H76NO7+. The van der Waals surface area contributed by atoms with Gasteiger partial charge in [0, 0.05) is 19.3 Å². The van der Waals surface area contributed by atoms with Crippen molar-refractivity contribution < 1.29 is 38.2 Å². The zero-order valence-corrected chi connectivity index (χ0v) is 33.7. The Balaban J connectivity index is 4.35. The summed E-state index contributed by atoms with van der Waals surface area (Å²) in [4.78, 5) is 36.7. The maximum atomic E-state index is 12.7. The first-order chi connectivity index (χ1) is 25.1. The second-order valence-corrected chi connectivity index (χ2v) is 14.5. The molecule has 0 aromatic heterocycles. The van der Waals surface area contributed by atoms with Crippen LogP contribution in [0.2, 0.25) is 0 Å². The highest BCUT2D eigenvalue weighted by molar-refractivity contribution is 5.72. The Morgan fingerprint density at radius 1 is 0.577 bits per heavy atom. The smallest absolute Gasteiger partial charge is 0.362 e. The molecule has 0 aliphatic heterocycles. The monoisotopic (exact) mass is 731 g/mol. The van der Waals surface area contributed by atoms with Crippen LogP contribution in [0.5, 0.6) is 0 Å². The van der Waals surface area contributed by atoms with Crippen LogP contribution in [0.25, 0.3) is 0 Å². The highest BCUT2D eigenvalue weighted by Gasteiger charge is 2.31. The number of carbonyl (C=O) groups is 3. The Morgan fingerprint density at radius 3 is 1.60 bits per heavy atom. The SMILES string of the molecule is CCCCC/C=C/C/C=C/C/C=C/C/C=C/CCCCCCCC(=O)OC(COCCC(C(=O)O)[N+](C)(C)C)COC(=O)CC/C=C/CCCCC. The van der Waals surface area contributed by atoms with Gasteiger partial charge in [-0.1, -0.05) is 120 Å². The Kier molecular flexibility index (Phi) is 33.1. The van der Waals surface area contributed by atoms with E-state index in [2.05, 4.69) is 68.5 Å². The number of ether oxygens (including phenoxy) is 3. The van der Waals surface area contributed by atoms with Crippen molar-refractivity contribution in [2.75, 3.05) is 41.0 Å². The number of allylic oxidation sites excluding steroid dienone is 10. The Labute approximate surface area is 318 Å². The third-order valence-corrected chi connectivity index (χ3v) is 8.65. The molecule has 52 heavy (non-hydrogen) atoms. The van der Waals surface area contributed by atoms with E-state index in [9.17, 15) is 19.5 Å². The lowest BCUT2D eigenvalue weighted by Crippen LogP contribution is -2.50. The van der Waals surface area contributed by atoms with Crippen molar-refractivity contribution in [3.63, 3.8) is 0 Å². The highest BCUT2D eigenvalue weighted by atomic mass is 16.6. The maximum absolute atomic E-state index is 12.7. The molecule has 8 heteroatoms. The summed E-state index contributed by atoms with van der Waals surface area (Å²) >= 11 is 0. The number of aliphatic carboxylic acids is 1. The number of rotatable bonds is 35. The van der Waals surface area contributed by atoms with Gasteiger partial charge in [0.25, 0.3) is 0 Å². The van der Waals surface area contributed by atoms with Crippen molar-refractivity contribution in [3.05, 3.63) is 60.8 Å². The van der Waals surface area contributed by atoms with Gasteiger partial charge < -0.3 is 23.8 Å². The number of hydrogen-bond donors (Lipinski definition) is 1. The van der Waals surface area contributed by atoms with Crippen molar-refractivity contribution in [2.24, 2.45) is 0 Å². The number of carbonyl (C=O) groups excluding carboxylic acids is 2. The fourth-order valence-electron chi connectivity index (χ4n) is 5.44. The van der Waals surface area contributed by atoms with E-state index in [0.29, 0.717) is 19.3 Å². The van der Waals surface area contributed by atoms with E-state index < -0.39 is 18.1 Å². The van der Waals surface area contributed by atoms with Gasteiger partial charge in [-0.15, -0.1) is 0 Å². The van der Waals surface area contributed by atoms with E-state index >= 15 is 0 Å². The fourth-order valence-corrected chi connectivity index (χ4v) is 5.44. The topological polar surface area (TPSA) is 99.1 Å². The first-order valence-electron chi connectivity index (χ1n) is 20.3. The summed E-state index contributed by atoms with van der Waals surface area (Å²) in [6.45, 7) is 4.56. The van der Waals surface area contributed by atoms with Crippen LogP contribution in [0.3, 0.4) is 0 Å². The molecule has 2 atom stereocenters. The van der Waals surface area contributed by atoms with Gasteiger partial charge in [-0.25, -0.2) is 4.79 Å². The van der Waals surface area contributed by atoms with Gasteiger partial charge in [0.2, 0.25) is 0 Å². The summed E-state index contributed by atoms with van der Waals surface area (Å²) in [5, 5.41) is 9.57. The summed E-state index contributed by atoms with van der Waals surface area (Å²) in [6, 6.07) is -0.623. The largest absolute Gasteiger partial charge is 0.477 e. The number of carboxylic acids is 1. The minimum absolute atomic E-state index is 0.0390. The third kappa shape index (κ3) is 32.9. The molecule has 8 nitrogen and oxygen atoms in total. The van der Waals surface area contributed by atoms with Crippen molar-refractivity contribution >= 4 is 17.9 Å². The van der Waals surface area contributed by atoms with Gasteiger partial charge in [0.15, 0.2) is 12.1 Å². The average Bonchev–Trinajstić information content (AvgIpc) is 3.09. The van der Waals surface area contributed by atoms with Gasteiger partial charge in [-0.2, -0.15) is 0 Å². The van der Waals surface area contributed by atoms with Crippen molar-refractivity contribution in [1.82, 2.24) is 0 Å². The minimum Gasteiger partial charge on any atom is -0.477 e. The normalized spacial score (nSPS) is 13.6. The predicted molar refractivity (Wildman–Crippen MR) is 215 cm³/mol. The van der Waals surface area contributed by atoms with E-state index in [0.717, 1.165) is 70.6 Å². The minimum atomic E-state index is -0.886. The fraction of sp³-hybridized carbons (Fsp3) is 0.705. The molecule has 0 saturated carbocycles. The Bertz CT molecular complexity index is 1040. The lowest BCUT2D eigenvalue weighted by molar-refractivity contribution is -0.887. The molecule has 0 radical (unpaired) electrons. The van der Waals surface area contributed by atoms with Gasteiger partial charge in [-0.3, -0.25) is 9.59 Å². The van der Waals surface area contributed by atoms with Crippen molar-refractivity contribution in [3.8, 4) is 0 Å². The molecular weight excluding hydrogens is 654 g/mol. The molecule has 0 fully saturated rings. The van der Waals surface area contributed by atoms with Crippen LogP contribution in [0, 0.1) is 0 Å². The zero-order chi connectivity index (χ0) is 38.5. The molecule has 0 aromatic rings. The third-order valence-electron chi connectivity index (χ3n) is 8.65. The van der Waals surface area contributed by atoms with Crippen molar-refractivity contribution in [1.29, 1.82) is 0 Å². The Morgan fingerprint density at radius 2 is 1.06 bits per heavy atom. The van der Waals surface area contributed by atoms with Crippen LogP contribution in [0.1, 0.15) is 149 Å². The first kappa shape index (κ1) is 49.0. The number of hydrogen-bond acceptors (Lipinski definition) is 6. The van der Waals surface area contributed by atoms with Crippen LogP contribution >= 0.6 is 0 Å². The number of carboxylic acid groups (broad SMARTS) is 1. The van der Waals surface area contributed by atoms with Crippen LogP contribution in [-0.4, -0.2) is 80.6 Å². The van der Waals surface area contributed by atoms with Crippen molar-refractivity contribution in [2.45, 2.75) is 161 Å². The number of quaternary nitrogens is 1. The average molecular weight is 731 g/mol. The molecule has 0 aromatic carbocycles. The van der Waals surface area contributed by atoms with Crippen LogP contribution < -0.4 is 0 Å². The summed E-state index contributed by atoms with van der Waals surface area (Å²) in [5.74, 6) is -1.57. The molecule has 0 heterocycles. The number of likely N-dealkylation sites (N-methyl/N-ethyl adjacent to an activating group) is 1. The van der Waals surface area contributed by atoms with Gasteiger partial charge in [0.05, 0.1) is 34.4 Å². The zero-order valence-electron chi connectivity index (χ0n) is 33.7. The molecule has 0 bridgehead atoms. The molecule has 0 aliphatic rings. The number of nitrogens with zero attached hydrogens (tertiary/aromatic N) is 1. The highest BCUT2D eigenvalue weighted by Crippen LogP contribution is 2.12. The second kappa shape index (κ2) is 35.1. The molecule has 0 amide bonds. The molecule has 298 valence electrons. The molecule has 0 aliphatic carbocycles. The molecule has 1 N–H and O–H groups in total. The summed E-state index contributed by atoms with van der Waals surface area (Å²) in [6.07, 6.45) is 41.5. The lowest BCUT2D eigenvalue weighted by Gasteiger charge is -2.31. The standard InChI is InChI=1S/C44H75NO7/c1-6-8-10-12-14-15-16-17-18-19-20-21-22-23-24-25-26-27-29-31-33-35-43(47)52-40(38-50-37-36-41(44(48)49)45(3,4)5)39-51-42(46)34-32-30-28-13-11-9-7-2/h14-15,17-18,20-21,23-24,28,30,40-41H,6-13,16,19,22,25-27,29,31-39H2,1-5H3/p+1/b15-14+,18-17+,21-20+,24-23+,30-28+. The van der Waals surface area contributed by atoms with Gasteiger partial charge in [-0.05, 0) is 70.6 Å². The van der Waals surface area contributed by atoms with E-state index in [4.69, 9.17) is 14.2 Å². The van der Waals surface area contributed by atoms with E-state index in [-0.39, 0.29) is 42.7 Å². The van der Waals surface area contributed by atoms with Crippen LogP contribution in [0.4, 0.5) is 0 Å². The Hall–Kier alpha value is -2.97. The van der Waals surface area contributed by atoms with Gasteiger partial charge >= 0.3 is 17.9 Å².